The van der Waals surface area contributed by atoms with Crippen molar-refractivity contribution in [3.8, 4) is 0 Å². The highest BCUT2D eigenvalue weighted by atomic mass is 79.9. The van der Waals surface area contributed by atoms with Crippen molar-refractivity contribution >= 4 is 33.2 Å². The van der Waals surface area contributed by atoms with Gasteiger partial charge in [0.25, 0.3) is 0 Å². The van der Waals surface area contributed by atoms with Crippen LogP contribution >= 0.6 is 27.3 Å². The zero-order valence-electron chi connectivity index (χ0n) is 11.8. The Balaban J connectivity index is 1.76. The molecule has 0 radical (unpaired) electrons. The van der Waals surface area contributed by atoms with Gasteiger partial charge in [0.2, 0.25) is 5.91 Å². The van der Waals surface area contributed by atoms with E-state index in [1.54, 1.807) is 16.2 Å². The number of fused-ring (bicyclic) bond motifs is 1. The van der Waals surface area contributed by atoms with E-state index in [-0.39, 0.29) is 11.9 Å². The number of carbonyl (C=O) groups is 1. The number of benzene rings is 1. The minimum absolute atomic E-state index is 0.131. The van der Waals surface area contributed by atoms with Gasteiger partial charge in [-0.3, -0.25) is 4.79 Å². The Labute approximate surface area is 137 Å². The summed E-state index contributed by atoms with van der Waals surface area (Å²) in [7, 11) is 1.87. The van der Waals surface area contributed by atoms with Gasteiger partial charge < -0.3 is 10.2 Å². The molecule has 0 aliphatic carbocycles. The lowest BCUT2D eigenvalue weighted by atomic mass is 9.93. The molecule has 1 atom stereocenters. The van der Waals surface area contributed by atoms with E-state index in [4.69, 9.17) is 0 Å². The Kier molecular flexibility index (Phi) is 4.42. The lowest BCUT2D eigenvalue weighted by molar-refractivity contribution is -0.133. The lowest BCUT2D eigenvalue weighted by Crippen LogP contribution is -2.41. The molecule has 1 N–H and O–H groups in total. The molecule has 0 spiro atoms. The average molecular weight is 365 g/mol. The predicted octanol–water partition coefficient (Wildman–Crippen LogP) is 3.36. The zero-order chi connectivity index (χ0) is 14.8. The number of likely N-dealkylation sites (N-methyl/N-ethyl adjacent to an activating group) is 1. The van der Waals surface area contributed by atoms with E-state index in [2.05, 4.69) is 39.4 Å². The number of carbonyl (C=O) groups excluding carboxylic acids is 1. The van der Waals surface area contributed by atoms with Crippen LogP contribution < -0.4 is 5.32 Å². The molecular weight excluding hydrogens is 348 g/mol. The van der Waals surface area contributed by atoms with Gasteiger partial charge in [-0.1, -0.05) is 24.3 Å². The largest absolute Gasteiger partial charge is 0.339 e. The average Bonchev–Trinajstić information content (AvgIpc) is 2.91. The van der Waals surface area contributed by atoms with Crippen LogP contribution in [0.15, 0.2) is 40.2 Å². The molecule has 0 bridgehead atoms. The number of amides is 1. The predicted molar refractivity (Wildman–Crippen MR) is 89.4 cm³/mol. The van der Waals surface area contributed by atoms with Crippen LogP contribution in [-0.2, 0) is 17.8 Å². The van der Waals surface area contributed by atoms with Crippen molar-refractivity contribution in [1.29, 1.82) is 0 Å². The summed E-state index contributed by atoms with van der Waals surface area (Å²) in [5.41, 5.74) is 2.40. The normalized spacial score (nSPS) is 17.3. The summed E-state index contributed by atoms with van der Waals surface area (Å²) in [6, 6.07) is 10.1. The molecule has 0 saturated carbocycles. The molecule has 1 amide bonds. The van der Waals surface area contributed by atoms with E-state index in [1.807, 2.05) is 24.6 Å². The standard InChI is InChI=1S/C16H17BrN2OS/c1-19(9-13-8-12(17)10-21-13)16(20)15-14-5-3-2-4-11(14)6-7-18-15/h2-5,8,10,15,18H,6-7,9H2,1H3. The van der Waals surface area contributed by atoms with Crippen LogP contribution in [0.3, 0.4) is 0 Å². The van der Waals surface area contributed by atoms with Crippen LogP contribution in [0.4, 0.5) is 0 Å². The maximum Gasteiger partial charge on any atom is 0.244 e. The second-order valence-electron chi connectivity index (χ2n) is 5.26. The molecule has 0 fully saturated rings. The number of hydrogen-bond acceptors (Lipinski definition) is 3. The summed E-state index contributed by atoms with van der Waals surface area (Å²) in [6.45, 7) is 1.50. The highest BCUT2D eigenvalue weighted by molar-refractivity contribution is 9.10. The summed E-state index contributed by atoms with van der Waals surface area (Å²) in [5, 5.41) is 5.39. The van der Waals surface area contributed by atoms with Gasteiger partial charge in [-0.15, -0.1) is 11.3 Å². The van der Waals surface area contributed by atoms with E-state index in [9.17, 15) is 4.79 Å². The molecule has 1 aromatic heterocycles. The van der Waals surface area contributed by atoms with E-state index < -0.39 is 0 Å². The van der Waals surface area contributed by atoms with E-state index in [1.165, 1.54) is 10.4 Å². The molecule has 1 aromatic carbocycles. The number of nitrogens with zero attached hydrogens (tertiary/aromatic N) is 1. The van der Waals surface area contributed by atoms with Gasteiger partial charge in [0, 0.05) is 28.3 Å². The van der Waals surface area contributed by atoms with Crippen molar-refractivity contribution in [2.45, 2.75) is 19.0 Å². The number of halogens is 1. The monoisotopic (exact) mass is 364 g/mol. The van der Waals surface area contributed by atoms with Crippen LogP contribution in [0.5, 0.6) is 0 Å². The van der Waals surface area contributed by atoms with Gasteiger partial charge in [-0.05, 0) is 39.5 Å². The second kappa shape index (κ2) is 6.30. The minimum atomic E-state index is -0.219. The van der Waals surface area contributed by atoms with Crippen LogP contribution in [0.1, 0.15) is 22.0 Å². The van der Waals surface area contributed by atoms with Crippen LogP contribution in [-0.4, -0.2) is 24.4 Å². The highest BCUT2D eigenvalue weighted by Crippen LogP contribution is 2.26. The molecule has 3 rings (SSSR count). The first-order valence-corrected chi connectivity index (χ1v) is 8.61. The van der Waals surface area contributed by atoms with Crippen molar-refractivity contribution in [2.24, 2.45) is 0 Å². The van der Waals surface area contributed by atoms with Crippen molar-refractivity contribution < 1.29 is 4.79 Å². The van der Waals surface area contributed by atoms with E-state index >= 15 is 0 Å². The number of hydrogen-bond donors (Lipinski definition) is 1. The summed E-state index contributed by atoms with van der Waals surface area (Å²) in [5.74, 6) is 0.131. The van der Waals surface area contributed by atoms with Gasteiger partial charge in [0.1, 0.15) is 6.04 Å². The number of rotatable bonds is 3. The van der Waals surface area contributed by atoms with Crippen molar-refractivity contribution in [3.05, 3.63) is 56.2 Å². The summed E-state index contributed by atoms with van der Waals surface area (Å²) >= 11 is 5.12. The maximum atomic E-state index is 12.7. The summed E-state index contributed by atoms with van der Waals surface area (Å²) in [4.78, 5) is 15.7. The van der Waals surface area contributed by atoms with Crippen LogP contribution in [0.25, 0.3) is 0 Å². The van der Waals surface area contributed by atoms with Crippen LogP contribution in [0.2, 0.25) is 0 Å². The van der Waals surface area contributed by atoms with Gasteiger partial charge in [-0.2, -0.15) is 0 Å². The summed E-state index contributed by atoms with van der Waals surface area (Å²) in [6.07, 6.45) is 0.988. The third kappa shape index (κ3) is 3.20. The van der Waals surface area contributed by atoms with Gasteiger partial charge in [0.15, 0.2) is 0 Å². The fourth-order valence-electron chi connectivity index (χ4n) is 2.69. The molecule has 110 valence electrons. The van der Waals surface area contributed by atoms with Crippen LogP contribution in [0, 0.1) is 0 Å². The highest BCUT2D eigenvalue weighted by Gasteiger charge is 2.28. The fourth-order valence-corrected chi connectivity index (χ4v) is 4.20. The maximum absolute atomic E-state index is 12.7. The molecule has 2 heterocycles. The molecule has 3 nitrogen and oxygen atoms in total. The zero-order valence-corrected chi connectivity index (χ0v) is 14.2. The smallest absolute Gasteiger partial charge is 0.244 e. The first-order valence-electron chi connectivity index (χ1n) is 6.94. The topological polar surface area (TPSA) is 32.3 Å². The molecule has 1 unspecified atom stereocenters. The second-order valence-corrected chi connectivity index (χ2v) is 7.17. The van der Waals surface area contributed by atoms with Gasteiger partial charge in [0.05, 0.1) is 6.54 Å². The SMILES string of the molecule is CN(Cc1cc(Br)cs1)C(=O)C1NCCc2ccccc21. The third-order valence-corrected chi connectivity index (χ3v) is 5.43. The Hall–Kier alpha value is -1.17. The molecule has 21 heavy (non-hydrogen) atoms. The Morgan fingerprint density at radius 1 is 1.48 bits per heavy atom. The van der Waals surface area contributed by atoms with Gasteiger partial charge >= 0.3 is 0 Å². The minimum Gasteiger partial charge on any atom is -0.339 e. The third-order valence-electron chi connectivity index (χ3n) is 3.75. The summed E-state index contributed by atoms with van der Waals surface area (Å²) < 4.78 is 1.07. The fraction of sp³-hybridized carbons (Fsp3) is 0.312. The lowest BCUT2D eigenvalue weighted by Gasteiger charge is -2.29. The van der Waals surface area contributed by atoms with Gasteiger partial charge in [-0.25, -0.2) is 0 Å². The first kappa shape index (κ1) is 14.8. The van der Waals surface area contributed by atoms with E-state index in [0.29, 0.717) is 6.54 Å². The number of nitrogens with one attached hydrogen (secondary N) is 1. The molecule has 1 aliphatic rings. The first-order chi connectivity index (χ1) is 10.1. The Morgan fingerprint density at radius 3 is 3.05 bits per heavy atom. The number of thiophene rings is 1. The molecule has 1 aliphatic heterocycles. The molecule has 5 heteroatoms. The van der Waals surface area contributed by atoms with Crippen molar-refractivity contribution in [1.82, 2.24) is 10.2 Å². The molecule has 2 aromatic rings. The molecular formula is C16H17BrN2OS. The Morgan fingerprint density at radius 2 is 2.29 bits per heavy atom. The molecule has 0 saturated heterocycles. The Bertz CT molecular complexity index is 655. The quantitative estimate of drug-likeness (QED) is 0.905. The van der Waals surface area contributed by atoms with Crippen molar-refractivity contribution in [2.75, 3.05) is 13.6 Å². The van der Waals surface area contributed by atoms with E-state index in [0.717, 1.165) is 23.0 Å². The van der Waals surface area contributed by atoms with Crippen molar-refractivity contribution in [3.63, 3.8) is 0 Å².